The highest BCUT2D eigenvalue weighted by Crippen LogP contribution is 2.26. The van der Waals surface area contributed by atoms with Crippen molar-refractivity contribution < 1.29 is 8.42 Å². The molecule has 1 saturated heterocycles. The Hall–Kier alpha value is -1.14. The first-order valence-electron chi connectivity index (χ1n) is 6.26. The maximum atomic E-state index is 12.5. The summed E-state index contributed by atoms with van der Waals surface area (Å²) < 4.78 is 26.5. The molecule has 1 atom stereocenters. The average molecular weight is 270 g/mol. The van der Waals surface area contributed by atoms with Crippen LogP contribution in [0.3, 0.4) is 0 Å². The summed E-state index contributed by atoms with van der Waals surface area (Å²) in [5.41, 5.74) is -0.292. The summed E-state index contributed by atoms with van der Waals surface area (Å²) in [7, 11) is -3.48. The van der Waals surface area contributed by atoms with Crippen LogP contribution >= 0.6 is 0 Å². The predicted molar refractivity (Wildman–Crippen MR) is 68.9 cm³/mol. The Bertz CT molecular complexity index is 544. The highest BCUT2D eigenvalue weighted by Gasteiger charge is 2.32. The van der Waals surface area contributed by atoms with Gasteiger partial charge in [-0.1, -0.05) is 13.3 Å². The van der Waals surface area contributed by atoms with Crippen molar-refractivity contribution >= 4 is 10.0 Å². The van der Waals surface area contributed by atoms with Gasteiger partial charge < -0.3 is 4.98 Å². The lowest BCUT2D eigenvalue weighted by Crippen LogP contribution is -2.43. The van der Waals surface area contributed by atoms with Crippen LogP contribution < -0.4 is 5.56 Å². The van der Waals surface area contributed by atoms with E-state index in [9.17, 15) is 13.2 Å². The van der Waals surface area contributed by atoms with Crippen molar-refractivity contribution in [1.29, 1.82) is 0 Å². The Balaban J connectivity index is 2.34. The molecule has 0 radical (unpaired) electrons. The van der Waals surface area contributed by atoms with Crippen molar-refractivity contribution in [2.75, 3.05) is 6.54 Å². The van der Waals surface area contributed by atoms with Crippen molar-refractivity contribution in [3.63, 3.8) is 0 Å². The first-order chi connectivity index (χ1) is 8.55. The molecule has 1 aliphatic heterocycles. The van der Waals surface area contributed by atoms with Gasteiger partial charge in [-0.15, -0.1) is 0 Å². The fourth-order valence-corrected chi connectivity index (χ4v) is 4.13. The Morgan fingerprint density at radius 3 is 2.78 bits per heavy atom. The molecule has 0 aliphatic carbocycles. The fourth-order valence-electron chi connectivity index (χ4n) is 2.39. The quantitative estimate of drug-likeness (QED) is 0.900. The Morgan fingerprint density at radius 1 is 1.39 bits per heavy atom. The summed E-state index contributed by atoms with van der Waals surface area (Å²) in [6.07, 6.45) is 5.00. The van der Waals surface area contributed by atoms with Crippen LogP contribution in [0.5, 0.6) is 0 Å². The summed E-state index contributed by atoms with van der Waals surface area (Å²) in [5.74, 6) is 0. The van der Waals surface area contributed by atoms with Crippen LogP contribution in [0.2, 0.25) is 0 Å². The van der Waals surface area contributed by atoms with Gasteiger partial charge in [-0.2, -0.15) is 4.31 Å². The van der Waals surface area contributed by atoms with E-state index in [1.54, 1.807) is 4.31 Å². The number of piperidine rings is 1. The molecule has 5 nitrogen and oxygen atoms in total. The summed E-state index contributed by atoms with van der Waals surface area (Å²) in [6.45, 7) is 2.57. The lowest BCUT2D eigenvalue weighted by Gasteiger charge is -2.33. The minimum absolute atomic E-state index is 0.0793. The first kappa shape index (κ1) is 13.3. The number of pyridine rings is 1. The number of hydrogen-bond donors (Lipinski definition) is 1. The molecule has 2 heterocycles. The molecule has 6 heteroatoms. The number of hydrogen-bond acceptors (Lipinski definition) is 3. The number of nitrogens with zero attached hydrogens (tertiary/aromatic N) is 1. The number of nitrogens with one attached hydrogen (secondary N) is 1. The maximum absolute atomic E-state index is 12.5. The molecule has 1 aliphatic rings. The highest BCUT2D eigenvalue weighted by atomic mass is 32.2. The van der Waals surface area contributed by atoms with Crippen LogP contribution in [-0.2, 0) is 10.0 Å². The highest BCUT2D eigenvalue weighted by molar-refractivity contribution is 7.89. The zero-order chi connectivity index (χ0) is 13.2. The van der Waals surface area contributed by atoms with Crippen molar-refractivity contribution in [3.05, 3.63) is 28.7 Å². The summed E-state index contributed by atoms with van der Waals surface area (Å²) >= 11 is 0. The van der Waals surface area contributed by atoms with Gasteiger partial charge in [-0.05, 0) is 25.3 Å². The molecule has 0 spiro atoms. The second-order valence-electron chi connectivity index (χ2n) is 4.56. The predicted octanol–water partition coefficient (Wildman–Crippen LogP) is 1.33. The number of aromatic amines is 1. The lowest BCUT2D eigenvalue weighted by molar-refractivity contribution is 0.246. The molecule has 0 aromatic carbocycles. The number of H-pyrrole nitrogens is 1. The molecule has 0 saturated carbocycles. The molecular formula is C12H18N2O3S. The fraction of sp³-hybridized carbons (Fsp3) is 0.583. The zero-order valence-corrected chi connectivity index (χ0v) is 11.2. The third-order valence-corrected chi connectivity index (χ3v) is 5.35. The van der Waals surface area contributed by atoms with Crippen molar-refractivity contribution in [2.45, 2.75) is 43.5 Å². The average Bonchev–Trinajstić information content (AvgIpc) is 2.39. The third-order valence-electron chi connectivity index (χ3n) is 3.41. The molecule has 0 bridgehead atoms. The van der Waals surface area contributed by atoms with Gasteiger partial charge >= 0.3 is 0 Å². The van der Waals surface area contributed by atoms with Gasteiger partial charge in [-0.25, -0.2) is 8.42 Å². The van der Waals surface area contributed by atoms with Crippen LogP contribution in [-0.4, -0.2) is 30.3 Å². The molecule has 1 aromatic rings. The van der Waals surface area contributed by atoms with Crippen LogP contribution in [0.25, 0.3) is 0 Å². The minimum atomic E-state index is -3.48. The van der Waals surface area contributed by atoms with Gasteiger partial charge in [0.15, 0.2) is 0 Å². The van der Waals surface area contributed by atoms with E-state index in [1.807, 2.05) is 6.92 Å². The van der Waals surface area contributed by atoms with Gasteiger partial charge in [0.05, 0.1) is 4.90 Å². The van der Waals surface area contributed by atoms with E-state index in [2.05, 4.69) is 4.98 Å². The Kier molecular flexibility index (Phi) is 3.87. The van der Waals surface area contributed by atoms with E-state index in [1.165, 1.54) is 18.3 Å². The van der Waals surface area contributed by atoms with E-state index in [4.69, 9.17) is 0 Å². The van der Waals surface area contributed by atoms with E-state index in [0.29, 0.717) is 6.54 Å². The summed E-state index contributed by atoms with van der Waals surface area (Å²) in [4.78, 5) is 13.6. The van der Waals surface area contributed by atoms with Crippen LogP contribution in [0.4, 0.5) is 0 Å². The maximum Gasteiger partial charge on any atom is 0.247 e. The largest absolute Gasteiger partial charge is 0.328 e. The van der Waals surface area contributed by atoms with E-state index in [0.717, 1.165) is 25.7 Å². The molecule has 100 valence electrons. The van der Waals surface area contributed by atoms with Crippen molar-refractivity contribution in [1.82, 2.24) is 9.29 Å². The molecule has 1 N–H and O–H groups in total. The Morgan fingerprint density at radius 2 is 2.17 bits per heavy atom. The van der Waals surface area contributed by atoms with Gasteiger partial charge in [0.2, 0.25) is 15.6 Å². The molecule has 1 unspecified atom stereocenters. The van der Waals surface area contributed by atoms with Crippen molar-refractivity contribution in [2.24, 2.45) is 0 Å². The lowest BCUT2D eigenvalue weighted by atomic mass is 10.0. The smallest absolute Gasteiger partial charge is 0.247 e. The van der Waals surface area contributed by atoms with Gasteiger partial charge in [0.25, 0.3) is 0 Å². The SMILES string of the molecule is CCC1CCCCN1S(=O)(=O)c1ccc(=O)[nH]c1. The van der Waals surface area contributed by atoms with E-state index in [-0.39, 0.29) is 16.5 Å². The first-order valence-corrected chi connectivity index (χ1v) is 7.70. The van der Waals surface area contributed by atoms with Gasteiger partial charge in [-0.3, -0.25) is 4.79 Å². The van der Waals surface area contributed by atoms with Gasteiger partial charge in [0, 0.05) is 24.8 Å². The number of rotatable bonds is 3. The van der Waals surface area contributed by atoms with Crippen LogP contribution in [0, 0.1) is 0 Å². The standard InChI is InChI=1S/C12H18N2O3S/c1-2-10-5-3-4-8-14(10)18(16,17)11-6-7-12(15)13-9-11/h6-7,9-10H,2-5,8H2,1H3,(H,13,15). The normalized spacial score (nSPS) is 21.9. The van der Waals surface area contributed by atoms with E-state index >= 15 is 0 Å². The molecular weight excluding hydrogens is 252 g/mol. The molecule has 18 heavy (non-hydrogen) atoms. The molecule has 1 fully saturated rings. The second kappa shape index (κ2) is 5.24. The van der Waals surface area contributed by atoms with Crippen LogP contribution in [0.1, 0.15) is 32.6 Å². The summed E-state index contributed by atoms with van der Waals surface area (Å²) in [6, 6.07) is 2.70. The third kappa shape index (κ3) is 2.49. The van der Waals surface area contributed by atoms with Gasteiger partial charge in [0.1, 0.15) is 0 Å². The Labute approximate surface area is 107 Å². The summed E-state index contributed by atoms with van der Waals surface area (Å²) in [5, 5.41) is 0. The molecule has 0 amide bonds. The van der Waals surface area contributed by atoms with Crippen LogP contribution in [0.15, 0.2) is 28.0 Å². The van der Waals surface area contributed by atoms with E-state index < -0.39 is 10.0 Å². The van der Waals surface area contributed by atoms with Crippen molar-refractivity contribution in [3.8, 4) is 0 Å². The number of aromatic nitrogens is 1. The zero-order valence-electron chi connectivity index (χ0n) is 10.4. The minimum Gasteiger partial charge on any atom is -0.328 e. The second-order valence-corrected chi connectivity index (χ2v) is 6.45. The molecule has 1 aromatic heterocycles. The molecule has 2 rings (SSSR count). The topological polar surface area (TPSA) is 70.2 Å². The monoisotopic (exact) mass is 270 g/mol. The number of sulfonamides is 1.